The maximum absolute atomic E-state index is 12.9. The molecule has 1 aromatic carbocycles. The summed E-state index contributed by atoms with van der Waals surface area (Å²) in [6.45, 7) is 3.23. The van der Waals surface area contributed by atoms with E-state index in [4.69, 9.17) is 10.5 Å². The van der Waals surface area contributed by atoms with Gasteiger partial charge in [0.05, 0.1) is 35.6 Å². The van der Waals surface area contributed by atoms with Crippen molar-refractivity contribution in [2.45, 2.75) is 51.3 Å². The summed E-state index contributed by atoms with van der Waals surface area (Å²) in [5.41, 5.74) is 8.68. The fraction of sp³-hybridized carbons (Fsp3) is 0.550. The van der Waals surface area contributed by atoms with Gasteiger partial charge in [-0.15, -0.1) is 0 Å². The second-order valence-corrected chi connectivity index (χ2v) is 7.13. The number of carbonyl (C=O) groups is 1. The van der Waals surface area contributed by atoms with Crippen molar-refractivity contribution in [2.24, 2.45) is 11.7 Å². The molecule has 1 aliphatic carbocycles. The van der Waals surface area contributed by atoms with E-state index in [9.17, 15) is 4.79 Å². The smallest absolute Gasteiger partial charge is 0.225 e. The van der Waals surface area contributed by atoms with Gasteiger partial charge in [0, 0.05) is 25.6 Å². The van der Waals surface area contributed by atoms with E-state index in [0.29, 0.717) is 19.6 Å². The van der Waals surface area contributed by atoms with Crippen LogP contribution in [-0.2, 0) is 16.1 Å². The van der Waals surface area contributed by atoms with Crippen molar-refractivity contribution >= 4 is 16.9 Å². The maximum Gasteiger partial charge on any atom is 0.225 e. The molecule has 2 aromatic rings. The van der Waals surface area contributed by atoms with E-state index in [0.717, 1.165) is 36.0 Å². The molecular weight excluding hydrogens is 328 g/mol. The first-order valence-electron chi connectivity index (χ1n) is 9.41. The Balaban J connectivity index is 1.62. The van der Waals surface area contributed by atoms with E-state index < -0.39 is 0 Å². The highest BCUT2D eigenvalue weighted by atomic mass is 16.5. The topological polar surface area (TPSA) is 81.3 Å². The number of carbonyl (C=O) groups excluding carboxylic acids is 1. The summed E-state index contributed by atoms with van der Waals surface area (Å²) in [6, 6.07) is 7.78. The fourth-order valence-electron chi connectivity index (χ4n) is 3.54. The number of amides is 1. The predicted octanol–water partition coefficient (Wildman–Crippen LogP) is 2.51. The molecule has 0 aliphatic heterocycles. The van der Waals surface area contributed by atoms with E-state index in [-0.39, 0.29) is 24.0 Å². The molecule has 1 aliphatic rings. The molecule has 1 heterocycles. The lowest BCUT2D eigenvalue weighted by molar-refractivity contribution is -0.138. The Morgan fingerprint density at radius 3 is 2.85 bits per heavy atom. The number of fused-ring (bicyclic) bond motifs is 1. The minimum absolute atomic E-state index is 0.0217. The number of aromatic nitrogens is 2. The molecule has 1 amide bonds. The number of benzene rings is 1. The molecule has 6 nitrogen and oxygen atoms in total. The number of nitrogens with two attached hydrogens (primary N) is 1. The van der Waals surface area contributed by atoms with Crippen molar-refractivity contribution in [2.75, 3.05) is 13.7 Å². The van der Waals surface area contributed by atoms with Crippen LogP contribution in [0, 0.1) is 5.92 Å². The van der Waals surface area contributed by atoms with Crippen LogP contribution in [0.2, 0.25) is 0 Å². The molecule has 1 saturated carbocycles. The number of hydrogen-bond donors (Lipinski definition) is 1. The van der Waals surface area contributed by atoms with E-state index >= 15 is 0 Å². The molecule has 1 fully saturated rings. The Hall–Kier alpha value is -2.05. The minimum Gasteiger partial charge on any atom is -0.377 e. The van der Waals surface area contributed by atoms with Gasteiger partial charge in [-0.1, -0.05) is 19.1 Å². The summed E-state index contributed by atoms with van der Waals surface area (Å²) in [5.74, 6) is 0.104. The summed E-state index contributed by atoms with van der Waals surface area (Å²) >= 11 is 0. The zero-order valence-corrected chi connectivity index (χ0v) is 15.6. The van der Waals surface area contributed by atoms with Crippen LogP contribution in [0.5, 0.6) is 0 Å². The van der Waals surface area contributed by atoms with Gasteiger partial charge in [-0.3, -0.25) is 9.78 Å². The van der Waals surface area contributed by atoms with Gasteiger partial charge in [0.1, 0.15) is 0 Å². The summed E-state index contributed by atoms with van der Waals surface area (Å²) < 4.78 is 5.85. The van der Waals surface area contributed by atoms with Gasteiger partial charge >= 0.3 is 0 Å². The quantitative estimate of drug-likeness (QED) is 0.860. The van der Waals surface area contributed by atoms with Crippen LogP contribution in [0.3, 0.4) is 0 Å². The first-order chi connectivity index (χ1) is 12.6. The third-order valence-corrected chi connectivity index (χ3v) is 5.00. The molecule has 3 atom stereocenters. The Bertz CT molecular complexity index is 751. The minimum atomic E-state index is -0.0323. The van der Waals surface area contributed by atoms with Crippen LogP contribution in [-0.4, -0.2) is 46.6 Å². The molecular formula is C20H28N4O2. The average Bonchev–Trinajstić information content (AvgIpc) is 2.66. The predicted molar refractivity (Wildman–Crippen MR) is 101 cm³/mol. The summed E-state index contributed by atoms with van der Waals surface area (Å²) in [5, 5.41) is 0. The zero-order chi connectivity index (χ0) is 18.5. The largest absolute Gasteiger partial charge is 0.377 e. The van der Waals surface area contributed by atoms with Crippen molar-refractivity contribution in [3.8, 4) is 0 Å². The summed E-state index contributed by atoms with van der Waals surface area (Å²) in [4.78, 5) is 23.7. The lowest BCUT2D eigenvalue weighted by Gasteiger charge is -2.35. The standard InChI is InChI=1S/C20H28N4O2/c1-3-10-26-19-11-14(8-9-16(19)21)20(25)24(2)13-15-12-22-17-6-4-5-7-18(17)23-15/h4-7,12,14,16,19H,3,8-11,13,21H2,1-2H3/t14-,16-,19-/m0/s1. The van der Waals surface area contributed by atoms with Gasteiger partial charge in [0.2, 0.25) is 5.91 Å². The molecule has 140 valence electrons. The maximum atomic E-state index is 12.9. The Morgan fingerprint density at radius 1 is 1.31 bits per heavy atom. The number of para-hydroxylation sites is 2. The number of hydrogen-bond acceptors (Lipinski definition) is 5. The monoisotopic (exact) mass is 356 g/mol. The van der Waals surface area contributed by atoms with E-state index in [1.807, 2.05) is 31.3 Å². The Morgan fingerprint density at radius 2 is 2.08 bits per heavy atom. The molecule has 0 spiro atoms. The summed E-state index contributed by atoms with van der Waals surface area (Å²) in [6.07, 6.45) is 5.03. The molecule has 0 radical (unpaired) electrons. The molecule has 0 unspecified atom stereocenters. The number of ether oxygens (including phenoxy) is 1. The van der Waals surface area contributed by atoms with Crippen molar-refractivity contribution < 1.29 is 9.53 Å². The first-order valence-corrected chi connectivity index (χ1v) is 9.41. The van der Waals surface area contributed by atoms with Crippen molar-refractivity contribution in [3.05, 3.63) is 36.2 Å². The zero-order valence-electron chi connectivity index (χ0n) is 15.6. The van der Waals surface area contributed by atoms with Gasteiger partial charge in [-0.25, -0.2) is 4.98 Å². The van der Waals surface area contributed by atoms with Crippen LogP contribution < -0.4 is 5.73 Å². The van der Waals surface area contributed by atoms with E-state index in [1.54, 1.807) is 11.1 Å². The van der Waals surface area contributed by atoms with Crippen LogP contribution in [0.4, 0.5) is 0 Å². The highest BCUT2D eigenvalue weighted by Gasteiger charge is 2.34. The van der Waals surface area contributed by atoms with Gasteiger partial charge in [-0.05, 0) is 37.8 Å². The fourth-order valence-corrected chi connectivity index (χ4v) is 3.54. The van der Waals surface area contributed by atoms with Crippen molar-refractivity contribution in [1.29, 1.82) is 0 Å². The lowest BCUT2D eigenvalue weighted by Crippen LogP contribution is -2.46. The summed E-state index contributed by atoms with van der Waals surface area (Å²) in [7, 11) is 1.83. The first kappa shape index (κ1) is 18.7. The van der Waals surface area contributed by atoms with Crippen LogP contribution >= 0.6 is 0 Å². The van der Waals surface area contributed by atoms with Gasteiger partial charge < -0.3 is 15.4 Å². The van der Waals surface area contributed by atoms with E-state index in [2.05, 4.69) is 16.9 Å². The lowest BCUT2D eigenvalue weighted by atomic mass is 9.83. The second kappa shape index (κ2) is 8.56. The highest BCUT2D eigenvalue weighted by molar-refractivity contribution is 5.79. The number of rotatable bonds is 6. The van der Waals surface area contributed by atoms with Gasteiger partial charge in [0.15, 0.2) is 0 Å². The Kier molecular flexibility index (Phi) is 6.16. The van der Waals surface area contributed by atoms with E-state index in [1.165, 1.54) is 0 Å². The highest BCUT2D eigenvalue weighted by Crippen LogP contribution is 2.27. The average molecular weight is 356 g/mol. The SMILES string of the molecule is CCCO[C@H]1C[C@@H](C(=O)N(C)Cc2cnc3ccccc3n2)CC[C@@H]1N. The van der Waals surface area contributed by atoms with Crippen molar-refractivity contribution in [1.82, 2.24) is 14.9 Å². The molecule has 2 N–H and O–H groups in total. The molecule has 0 bridgehead atoms. The third-order valence-electron chi connectivity index (χ3n) is 5.00. The molecule has 26 heavy (non-hydrogen) atoms. The van der Waals surface area contributed by atoms with Gasteiger partial charge in [-0.2, -0.15) is 0 Å². The normalized spacial score (nSPS) is 23.1. The molecule has 6 heteroatoms. The molecule has 0 saturated heterocycles. The van der Waals surface area contributed by atoms with Crippen molar-refractivity contribution in [3.63, 3.8) is 0 Å². The van der Waals surface area contributed by atoms with Gasteiger partial charge in [0.25, 0.3) is 0 Å². The third kappa shape index (κ3) is 4.37. The van der Waals surface area contributed by atoms with Crippen LogP contribution in [0.15, 0.2) is 30.5 Å². The Labute approximate surface area is 154 Å². The number of nitrogens with zero attached hydrogens (tertiary/aromatic N) is 3. The van der Waals surface area contributed by atoms with Crippen LogP contribution in [0.1, 0.15) is 38.3 Å². The van der Waals surface area contributed by atoms with Crippen LogP contribution in [0.25, 0.3) is 11.0 Å². The second-order valence-electron chi connectivity index (χ2n) is 7.13. The molecule has 3 rings (SSSR count). The molecule has 1 aromatic heterocycles.